The molecule has 418 valence electrons. The minimum Gasteiger partial charge on any atom is -0.508 e. The molecule has 0 radical (unpaired) electrons. The summed E-state index contributed by atoms with van der Waals surface area (Å²) < 4.78 is 5.91. The number of nitrogens with two attached hydrogens (primary N) is 2. The Labute approximate surface area is 452 Å². The molecule has 0 spiro atoms. The van der Waals surface area contributed by atoms with Crippen molar-refractivity contribution in [2.75, 3.05) is 26.3 Å². The minimum absolute atomic E-state index is 0.00560. The number of aliphatic hydroxyl groups excluding tert-OH is 4. The number of benzene rings is 1. The molecule has 0 bridgehead atoms. The number of phenols is 1. The van der Waals surface area contributed by atoms with E-state index in [4.69, 9.17) is 16.2 Å². The number of hydrogen-bond donors (Lipinski definition) is 11. The van der Waals surface area contributed by atoms with E-state index in [1.807, 2.05) is 19.2 Å². The van der Waals surface area contributed by atoms with E-state index in [0.717, 1.165) is 30.4 Å². The number of carbonyl (C=O) groups is 3. The molecule has 1 aromatic carbocycles. The fourth-order valence-corrected chi connectivity index (χ4v) is 17.5. The Morgan fingerprint density at radius 3 is 2.47 bits per heavy atom. The predicted octanol–water partition coefficient (Wildman–Crippen LogP) is 4.69. The number of cyclic esters (lactones) is 1. The SMILES string of the molecule is C[C@H]1CCC2=CC[C@H]3[C@H](CO)C[C@@H](O)[C@](C)(O)[C@H]4[C@@H](CC#C[C@H]([C@@H]5COC(=O)[C@H]5c5cc[nH]c5)C[C@H]3[C@@H]2C1)C[C@@]1(O)C2=C(NCC(=O)CCc3ccc(O)cc3)C(=O)[C@@H]3C[C@@H](O)[C@@H](O)C[C@]3(C)[C@H]2CC[C@]41CCN=C(N)N. The highest BCUT2D eigenvalue weighted by Crippen LogP contribution is 2.72. The Hall–Kier alpha value is -5.02. The Bertz CT molecular complexity index is 2690. The van der Waals surface area contributed by atoms with Gasteiger partial charge in [0, 0.05) is 67.5 Å². The Kier molecular flexibility index (Phi) is 15.5. The van der Waals surface area contributed by atoms with Crippen LogP contribution in [0, 0.1) is 87.8 Å². The average molecular weight is 1060 g/mol. The number of carbonyl (C=O) groups excluding carboxylic acids is 3. The van der Waals surface area contributed by atoms with E-state index in [1.165, 1.54) is 5.57 Å². The third-order valence-corrected chi connectivity index (χ3v) is 21.3. The summed E-state index contributed by atoms with van der Waals surface area (Å²) in [5, 5.41) is 88.2. The van der Waals surface area contributed by atoms with Gasteiger partial charge in [-0.05, 0) is 172 Å². The Morgan fingerprint density at radius 1 is 0.961 bits per heavy atom. The summed E-state index contributed by atoms with van der Waals surface area (Å²) in [7, 11) is 0. The fourth-order valence-electron chi connectivity index (χ4n) is 17.5. The first-order valence-electron chi connectivity index (χ1n) is 28.6. The van der Waals surface area contributed by atoms with Crippen LogP contribution < -0.4 is 16.8 Å². The number of aromatic hydroxyl groups is 1. The second kappa shape index (κ2) is 21.6. The number of fused-ring (bicyclic) bond motifs is 10. The topological polar surface area (TPSA) is 294 Å². The normalized spacial score (nSPS) is 41.7. The number of Topliss-reactive ketones (excluding diaryl/α,β-unsaturated/α-hetero) is 2. The molecule has 1 aromatic heterocycles. The monoisotopic (exact) mass is 1060 g/mol. The molecule has 1 aliphatic heterocycles. The van der Waals surface area contributed by atoms with Gasteiger partial charge in [-0.2, -0.15) is 0 Å². The number of ether oxygens (including phenoxy) is 1. The molecule has 16 heteroatoms. The lowest BCUT2D eigenvalue weighted by Crippen LogP contribution is -2.65. The third-order valence-electron chi connectivity index (χ3n) is 21.3. The molecule has 19 atom stereocenters. The van der Waals surface area contributed by atoms with E-state index >= 15 is 4.79 Å². The van der Waals surface area contributed by atoms with E-state index in [0.29, 0.717) is 43.6 Å². The van der Waals surface area contributed by atoms with Crippen LogP contribution in [0.15, 0.2) is 70.6 Å². The summed E-state index contributed by atoms with van der Waals surface area (Å²) in [6.45, 7) is 5.65. The van der Waals surface area contributed by atoms with E-state index < -0.39 is 75.9 Å². The van der Waals surface area contributed by atoms with Gasteiger partial charge in [0.15, 0.2) is 17.5 Å². The summed E-state index contributed by atoms with van der Waals surface area (Å²) in [4.78, 5) is 50.7. The zero-order valence-electron chi connectivity index (χ0n) is 45.1. The van der Waals surface area contributed by atoms with Crippen molar-refractivity contribution >= 4 is 23.5 Å². The molecule has 2 heterocycles. The number of allylic oxidation sites excluding steroid dienone is 3. The number of hydrogen-bond acceptors (Lipinski definition) is 13. The third kappa shape index (κ3) is 9.87. The summed E-state index contributed by atoms with van der Waals surface area (Å²) in [5.74, 6) is 2.75. The maximum absolute atomic E-state index is 15.4. The number of nitrogens with one attached hydrogen (secondary N) is 2. The predicted molar refractivity (Wildman–Crippen MR) is 288 cm³/mol. The van der Waals surface area contributed by atoms with Crippen molar-refractivity contribution in [3.63, 3.8) is 0 Å². The molecule has 0 unspecified atom stereocenters. The van der Waals surface area contributed by atoms with Gasteiger partial charge in [0.05, 0.1) is 54.3 Å². The lowest BCUT2D eigenvalue weighted by Gasteiger charge is -2.62. The van der Waals surface area contributed by atoms with Gasteiger partial charge in [0.25, 0.3) is 0 Å². The minimum atomic E-state index is -1.92. The van der Waals surface area contributed by atoms with Crippen molar-refractivity contribution in [1.82, 2.24) is 10.3 Å². The second-order valence-corrected chi connectivity index (χ2v) is 25.5. The highest BCUT2D eigenvalue weighted by atomic mass is 16.5. The molecular weight excluding hydrogens is 979 g/mol. The summed E-state index contributed by atoms with van der Waals surface area (Å²) in [6, 6.07) is 8.53. The molecule has 2 aromatic rings. The number of guanidine groups is 1. The Balaban J connectivity index is 1.11. The molecule has 1 saturated heterocycles. The van der Waals surface area contributed by atoms with E-state index in [9.17, 15) is 45.3 Å². The lowest BCUT2D eigenvalue weighted by molar-refractivity contribution is -0.190. The molecule has 5 fully saturated rings. The number of ketones is 2. The van der Waals surface area contributed by atoms with Gasteiger partial charge in [-0.25, -0.2) is 0 Å². The Morgan fingerprint density at radius 2 is 1.74 bits per heavy atom. The zero-order chi connectivity index (χ0) is 54.8. The number of aliphatic hydroxyl groups is 6. The second-order valence-electron chi connectivity index (χ2n) is 25.5. The van der Waals surface area contributed by atoms with Gasteiger partial charge in [-0.1, -0.05) is 43.5 Å². The highest BCUT2D eigenvalue weighted by Gasteiger charge is 2.74. The van der Waals surface area contributed by atoms with E-state index in [2.05, 4.69) is 40.1 Å². The average Bonchev–Trinajstić information content (AvgIpc) is 4.33. The van der Waals surface area contributed by atoms with Crippen molar-refractivity contribution in [3.8, 4) is 17.6 Å². The number of H-pyrrole nitrogens is 1. The van der Waals surface area contributed by atoms with Gasteiger partial charge >= 0.3 is 5.97 Å². The molecule has 10 rings (SSSR count). The largest absolute Gasteiger partial charge is 0.508 e. The molecule has 0 amide bonds. The number of aromatic nitrogens is 1. The maximum Gasteiger partial charge on any atom is 0.313 e. The van der Waals surface area contributed by atoms with Crippen LogP contribution >= 0.6 is 0 Å². The van der Waals surface area contributed by atoms with Gasteiger partial charge in [-0.3, -0.25) is 19.4 Å². The molecular formula is C61H83N5O11. The van der Waals surface area contributed by atoms with E-state index in [1.54, 1.807) is 37.4 Å². The zero-order valence-corrected chi connectivity index (χ0v) is 45.1. The van der Waals surface area contributed by atoms with Crippen molar-refractivity contribution in [1.29, 1.82) is 0 Å². The lowest BCUT2D eigenvalue weighted by atomic mass is 9.44. The van der Waals surface area contributed by atoms with Gasteiger partial charge < -0.3 is 62.3 Å². The van der Waals surface area contributed by atoms with Crippen LogP contribution in [0.25, 0.3) is 0 Å². The van der Waals surface area contributed by atoms with Gasteiger partial charge in [-0.15, -0.1) is 5.92 Å². The highest BCUT2D eigenvalue weighted by molar-refractivity contribution is 6.00. The molecule has 16 nitrogen and oxygen atoms in total. The van der Waals surface area contributed by atoms with E-state index in [-0.39, 0.29) is 136 Å². The van der Waals surface area contributed by atoms with Crippen LogP contribution in [0.4, 0.5) is 0 Å². The number of rotatable bonds is 12. The van der Waals surface area contributed by atoms with Crippen LogP contribution in [0.3, 0.4) is 0 Å². The fraction of sp³-hybridized carbons (Fsp3) is 0.672. The van der Waals surface area contributed by atoms with Crippen molar-refractivity contribution in [2.45, 2.75) is 153 Å². The van der Waals surface area contributed by atoms with Gasteiger partial charge in [0.1, 0.15) is 5.75 Å². The standard InChI is InChI=1S/C61H83N5O11/c1-33-7-11-35-12-16-42-39(31-67)25-50(72)59(3,75)55-37(6-4-5-36(24-44(42)43(35)23-33)45-32-77-56(74)51(45)38-18-21-64-29-38)27-61(76)52-46(17-19-60(55,61)20-22-65-57(62)63)58(2)28-49(71)48(70)26-47(58)54(73)53(52)66-30-41(69)15-10-34-8-13-40(68)14-9-34/h8-9,12-14,18,21,29,33,36-37,39,42-51,55,64,66-68,70-72,75-76H,6-7,10-11,15-17,19-20,22-28,30-32H2,1-3H3,(H4,62,63,65)/t33-,36-,37-,39-,42-,43+,44+,45-,46-,47-,48+,49-,50+,51-,55+,58+,59-,60-,61+/m0/s1. The molecule has 7 aliphatic carbocycles. The summed E-state index contributed by atoms with van der Waals surface area (Å²) in [6.07, 6.45) is 8.37. The number of nitrogens with zero attached hydrogens (tertiary/aromatic N) is 1. The van der Waals surface area contributed by atoms with Crippen molar-refractivity contribution in [3.05, 3.63) is 76.8 Å². The van der Waals surface area contributed by atoms with Crippen LogP contribution in [0.2, 0.25) is 0 Å². The number of aryl methyl sites for hydroxylation is 1. The summed E-state index contributed by atoms with van der Waals surface area (Å²) in [5.41, 5.74) is 9.55. The molecule has 77 heavy (non-hydrogen) atoms. The van der Waals surface area contributed by atoms with Crippen LogP contribution in [0.1, 0.15) is 128 Å². The first-order chi connectivity index (χ1) is 36.7. The van der Waals surface area contributed by atoms with Crippen molar-refractivity contribution < 1.29 is 54.9 Å². The quantitative estimate of drug-likeness (QED) is 0.0452. The number of aliphatic imine (C=N–C) groups is 1. The number of esters is 1. The molecule has 13 N–H and O–H groups in total. The number of aromatic amines is 1. The van der Waals surface area contributed by atoms with Crippen LogP contribution in [-0.4, -0.2) is 120 Å². The smallest absolute Gasteiger partial charge is 0.313 e. The van der Waals surface area contributed by atoms with Crippen LogP contribution in [-0.2, 0) is 25.5 Å². The first kappa shape index (κ1) is 55.3. The molecule has 8 aliphatic rings. The summed E-state index contributed by atoms with van der Waals surface area (Å²) >= 11 is 0. The molecule has 4 saturated carbocycles. The van der Waals surface area contributed by atoms with Crippen molar-refractivity contribution in [2.24, 2.45) is 92.4 Å². The number of phenolic OH excluding ortho intramolecular Hbond substituents is 1. The first-order valence-corrected chi connectivity index (χ1v) is 28.6. The van der Waals surface area contributed by atoms with Crippen LogP contribution in [0.5, 0.6) is 5.75 Å². The van der Waals surface area contributed by atoms with Gasteiger partial charge in [0.2, 0.25) is 0 Å². The maximum atomic E-state index is 15.4.